The van der Waals surface area contributed by atoms with Crippen molar-refractivity contribution in [2.75, 3.05) is 0 Å². The molecule has 0 aromatic heterocycles. The van der Waals surface area contributed by atoms with Gasteiger partial charge in [0.25, 0.3) is 0 Å². The first-order valence-electron chi connectivity index (χ1n) is 6.94. The van der Waals surface area contributed by atoms with Gasteiger partial charge in [0.05, 0.1) is 0 Å². The largest absolute Gasteiger partial charge is 0.452 e. The predicted octanol–water partition coefficient (Wildman–Crippen LogP) is 1.72. The number of hydrogen-bond donors (Lipinski definition) is 1. The normalized spacial score (nSPS) is 32.1. The van der Waals surface area contributed by atoms with Gasteiger partial charge in [-0.25, -0.2) is 4.79 Å². The molecule has 0 radical (unpaired) electrons. The molecule has 5 heteroatoms. The summed E-state index contributed by atoms with van der Waals surface area (Å²) in [6.45, 7) is 3.55. The summed E-state index contributed by atoms with van der Waals surface area (Å²) in [4.78, 5) is 11.3. The molecular weight excluding hydrogens is 272 g/mol. The molecule has 1 fully saturated rings. The highest BCUT2D eigenvalue weighted by atomic mass is 16.8. The SMILES string of the molecule is CC1(C)O[C@H]([C@@H]2C=CC(=O)O2)[C@@H]([C@H](O)c2ccccc2)O1. The lowest BCUT2D eigenvalue weighted by Crippen LogP contribution is -2.38. The summed E-state index contributed by atoms with van der Waals surface area (Å²) in [7, 11) is 0. The average Bonchev–Trinajstić information content (AvgIpc) is 3.02. The van der Waals surface area contributed by atoms with Crippen LogP contribution in [-0.2, 0) is 19.0 Å². The van der Waals surface area contributed by atoms with E-state index in [9.17, 15) is 9.90 Å². The van der Waals surface area contributed by atoms with Gasteiger partial charge in [-0.1, -0.05) is 30.3 Å². The minimum atomic E-state index is -0.856. The van der Waals surface area contributed by atoms with Gasteiger partial charge in [-0.05, 0) is 25.5 Å². The van der Waals surface area contributed by atoms with Crippen LogP contribution in [0.1, 0.15) is 25.5 Å². The Balaban J connectivity index is 1.84. The van der Waals surface area contributed by atoms with Gasteiger partial charge >= 0.3 is 5.97 Å². The molecule has 1 N–H and O–H groups in total. The third-order valence-electron chi connectivity index (χ3n) is 3.61. The van der Waals surface area contributed by atoms with Crippen molar-refractivity contribution in [1.29, 1.82) is 0 Å². The maximum Gasteiger partial charge on any atom is 0.331 e. The van der Waals surface area contributed by atoms with E-state index in [4.69, 9.17) is 14.2 Å². The number of aliphatic hydroxyl groups excluding tert-OH is 1. The molecular formula is C16H18O5. The summed E-state index contributed by atoms with van der Waals surface area (Å²) in [5, 5.41) is 10.6. The fourth-order valence-electron chi connectivity index (χ4n) is 2.72. The van der Waals surface area contributed by atoms with Crippen LogP contribution in [0.5, 0.6) is 0 Å². The third kappa shape index (κ3) is 2.85. The van der Waals surface area contributed by atoms with Crippen LogP contribution in [0.2, 0.25) is 0 Å². The van der Waals surface area contributed by atoms with Crippen molar-refractivity contribution in [2.24, 2.45) is 0 Å². The Morgan fingerprint density at radius 2 is 1.90 bits per heavy atom. The number of ether oxygens (including phenoxy) is 3. The number of esters is 1. The standard InChI is InChI=1S/C16H18O5/c1-16(2)20-14(11-8-9-12(17)19-11)15(21-16)13(18)10-6-4-3-5-7-10/h3-9,11,13-15,18H,1-2H3/t11-,13+,14+,15+/m0/s1. The number of benzene rings is 1. The Kier molecular flexibility index (Phi) is 3.57. The minimum absolute atomic E-state index is 0.402. The molecule has 3 rings (SSSR count). The summed E-state index contributed by atoms with van der Waals surface area (Å²) in [6.07, 6.45) is 0.461. The van der Waals surface area contributed by atoms with Crippen molar-refractivity contribution in [3.05, 3.63) is 48.0 Å². The molecule has 0 unspecified atom stereocenters. The van der Waals surface area contributed by atoms with E-state index in [1.54, 1.807) is 19.9 Å². The molecule has 4 atom stereocenters. The van der Waals surface area contributed by atoms with E-state index in [-0.39, 0.29) is 0 Å². The highest BCUT2D eigenvalue weighted by Gasteiger charge is 2.49. The summed E-state index contributed by atoms with van der Waals surface area (Å²) < 4.78 is 16.8. The van der Waals surface area contributed by atoms with Crippen LogP contribution in [0.25, 0.3) is 0 Å². The first-order chi connectivity index (χ1) is 9.96. The Labute approximate surface area is 123 Å². The second-order valence-electron chi connectivity index (χ2n) is 5.68. The van der Waals surface area contributed by atoms with E-state index in [0.717, 1.165) is 5.56 Å². The third-order valence-corrected chi connectivity index (χ3v) is 3.61. The monoisotopic (exact) mass is 290 g/mol. The van der Waals surface area contributed by atoms with Crippen LogP contribution in [0.4, 0.5) is 0 Å². The van der Waals surface area contributed by atoms with E-state index in [1.165, 1.54) is 6.08 Å². The number of cyclic esters (lactones) is 1. The molecule has 5 nitrogen and oxygen atoms in total. The maximum absolute atomic E-state index is 11.3. The first-order valence-corrected chi connectivity index (χ1v) is 6.94. The lowest BCUT2D eigenvalue weighted by molar-refractivity contribution is -0.164. The van der Waals surface area contributed by atoms with Gasteiger partial charge < -0.3 is 19.3 Å². The zero-order valence-electron chi connectivity index (χ0n) is 11.9. The lowest BCUT2D eigenvalue weighted by atomic mass is 9.97. The second-order valence-corrected chi connectivity index (χ2v) is 5.68. The summed E-state index contributed by atoms with van der Waals surface area (Å²) in [6, 6.07) is 9.24. The van der Waals surface area contributed by atoms with Gasteiger partial charge in [0.2, 0.25) is 0 Å². The molecule has 2 aliphatic heterocycles. The summed E-state index contributed by atoms with van der Waals surface area (Å²) in [5.74, 6) is -1.24. The van der Waals surface area contributed by atoms with Crippen LogP contribution in [-0.4, -0.2) is 35.2 Å². The Morgan fingerprint density at radius 3 is 2.52 bits per heavy atom. The van der Waals surface area contributed by atoms with E-state index >= 15 is 0 Å². The number of hydrogen-bond acceptors (Lipinski definition) is 5. The van der Waals surface area contributed by atoms with Crippen molar-refractivity contribution < 1.29 is 24.1 Å². The predicted molar refractivity (Wildman–Crippen MR) is 74.2 cm³/mol. The van der Waals surface area contributed by atoms with E-state index in [0.29, 0.717) is 0 Å². The lowest BCUT2D eigenvalue weighted by Gasteiger charge is -2.25. The molecule has 1 aromatic carbocycles. The molecule has 1 aromatic rings. The number of rotatable bonds is 3. The maximum atomic E-state index is 11.3. The molecule has 112 valence electrons. The van der Waals surface area contributed by atoms with Crippen LogP contribution >= 0.6 is 0 Å². The average molecular weight is 290 g/mol. The molecule has 0 spiro atoms. The van der Waals surface area contributed by atoms with Gasteiger partial charge in [0.1, 0.15) is 24.4 Å². The topological polar surface area (TPSA) is 65.0 Å². The van der Waals surface area contributed by atoms with Crippen molar-refractivity contribution >= 4 is 5.97 Å². The zero-order chi connectivity index (χ0) is 15.0. The second kappa shape index (κ2) is 5.26. The minimum Gasteiger partial charge on any atom is -0.452 e. The molecule has 0 aliphatic carbocycles. The van der Waals surface area contributed by atoms with Crippen molar-refractivity contribution in [2.45, 2.75) is 44.1 Å². The first kappa shape index (κ1) is 14.3. The van der Waals surface area contributed by atoms with Gasteiger partial charge in [-0.15, -0.1) is 0 Å². The fraction of sp³-hybridized carbons (Fsp3) is 0.438. The zero-order valence-corrected chi connectivity index (χ0v) is 11.9. The Hall–Kier alpha value is -1.69. The van der Waals surface area contributed by atoms with Crippen LogP contribution in [0.3, 0.4) is 0 Å². The quantitative estimate of drug-likeness (QED) is 0.859. The van der Waals surface area contributed by atoms with Crippen molar-refractivity contribution in [1.82, 2.24) is 0 Å². The van der Waals surface area contributed by atoms with Crippen LogP contribution in [0, 0.1) is 0 Å². The van der Waals surface area contributed by atoms with E-state index in [2.05, 4.69) is 0 Å². The fourth-order valence-corrected chi connectivity index (χ4v) is 2.72. The number of aliphatic hydroxyl groups is 1. The van der Waals surface area contributed by atoms with Gasteiger partial charge in [0, 0.05) is 6.08 Å². The number of carbonyl (C=O) groups excluding carboxylic acids is 1. The molecule has 21 heavy (non-hydrogen) atoms. The van der Waals surface area contributed by atoms with Gasteiger partial charge in [-0.2, -0.15) is 0 Å². The smallest absolute Gasteiger partial charge is 0.331 e. The van der Waals surface area contributed by atoms with Crippen molar-refractivity contribution in [3.63, 3.8) is 0 Å². The summed E-state index contributed by atoms with van der Waals surface area (Å²) >= 11 is 0. The van der Waals surface area contributed by atoms with Gasteiger partial charge in [0.15, 0.2) is 5.79 Å². The van der Waals surface area contributed by atoms with Crippen LogP contribution in [0.15, 0.2) is 42.5 Å². The molecule has 1 saturated heterocycles. The Morgan fingerprint density at radius 1 is 1.19 bits per heavy atom. The van der Waals surface area contributed by atoms with Crippen LogP contribution < -0.4 is 0 Å². The van der Waals surface area contributed by atoms with Crippen molar-refractivity contribution in [3.8, 4) is 0 Å². The molecule has 0 amide bonds. The van der Waals surface area contributed by atoms with Gasteiger partial charge in [-0.3, -0.25) is 0 Å². The highest BCUT2D eigenvalue weighted by molar-refractivity contribution is 5.84. The van der Waals surface area contributed by atoms with E-state index < -0.39 is 36.2 Å². The molecule has 2 aliphatic rings. The molecule has 0 saturated carbocycles. The molecule has 2 heterocycles. The highest BCUT2D eigenvalue weighted by Crippen LogP contribution is 2.38. The van der Waals surface area contributed by atoms with E-state index in [1.807, 2.05) is 30.3 Å². The number of carbonyl (C=O) groups is 1. The molecule has 0 bridgehead atoms. The Bertz CT molecular complexity index is 551. The summed E-state index contributed by atoms with van der Waals surface area (Å²) in [5.41, 5.74) is 0.738.